The van der Waals surface area contributed by atoms with Gasteiger partial charge < -0.3 is 20.1 Å². The number of piperidine rings is 1. The third kappa shape index (κ3) is 4.32. The summed E-state index contributed by atoms with van der Waals surface area (Å²) in [4.78, 5) is 24.6. The van der Waals surface area contributed by atoms with Crippen molar-refractivity contribution in [3.63, 3.8) is 0 Å². The Labute approximate surface area is 143 Å². The normalized spacial score (nSPS) is 14.6. The fourth-order valence-corrected chi connectivity index (χ4v) is 2.47. The van der Waals surface area contributed by atoms with Crippen LogP contribution < -0.4 is 10.1 Å². The van der Waals surface area contributed by atoms with Crippen LogP contribution in [0.25, 0.3) is 0 Å². The van der Waals surface area contributed by atoms with Gasteiger partial charge in [-0.25, -0.2) is 19.7 Å². The van der Waals surface area contributed by atoms with Crippen LogP contribution in [-0.2, 0) is 0 Å². The van der Waals surface area contributed by atoms with Crippen molar-refractivity contribution in [1.82, 2.24) is 19.9 Å². The molecule has 128 valence electrons. The molecule has 0 aromatic carbocycles. The number of anilines is 2. The number of aromatic nitrogens is 3. The van der Waals surface area contributed by atoms with Crippen LogP contribution in [0.15, 0.2) is 30.7 Å². The molecule has 9 heteroatoms. The second kappa shape index (κ2) is 7.44. The van der Waals surface area contributed by atoms with E-state index in [0.29, 0.717) is 49.0 Å². The summed E-state index contributed by atoms with van der Waals surface area (Å²) in [7, 11) is 0. The molecule has 9 nitrogen and oxygen atoms in total. The van der Waals surface area contributed by atoms with E-state index in [2.05, 4.69) is 20.3 Å². The number of nitrogens with one attached hydrogen (secondary N) is 1. The van der Waals surface area contributed by atoms with Crippen molar-refractivity contribution in [1.29, 1.82) is 5.26 Å². The summed E-state index contributed by atoms with van der Waals surface area (Å²) in [6.07, 6.45) is 3.12. The first-order valence-electron chi connectivity index (χ1n) is 7.74. The molecule has 0 unspecified atom stereocenters. The summed E-state index contributed by atoms with van der Waals surface area (Å²) in [5.41, 5.74) is 0.477. The fourth-order valence-electron chi connectivity index (χ4n) is 2.47. The second-order valence-corrected chi connectivity index (χ2v) is 5.50. The Morgan fingerprint density at radius 2 is 2.08 bits per heavy atom. The number of amides is 1. The van der Waals surface area contributed by atoms with E-state index in [4.69, 9.17) is 15.1 Å². The van der Waals surface area contributed by atoms with Gasteiger partial charge in [0.25, 0.3) is 0 Å². The zero-order valence-corrected chi connectivity index (χ0v) is 13.3. The summed E-state index contributed by atoms with van der Waals surface area (Å²) in [6.45, 7) is 0.900. The highest BCUT2D eigenvalue weighted by molar-refractivity contribution is 5.65. The van der Waals surface area contributed by atoms with E-state index in [1.807, 2.05) is 6.07 Å². The van der Waals surface area contributed by atoms with Crippen LogP contribution in [0.3, 0.4) is 0 Å². The summed E-state index contributed by atoms with van der Waals surface area (Å²) in [5, 5.41) is 20.7. The largest absolute Gasteiger partial charge is 0.474 e. The van der Waals surface area contributed by atoms with Crippen molar-refractivity contribution in [2.75, 3.05) is 18.4 Å². The van der Waals surface area contributed by atoms with Crippen LogP contribution in [0, 0.1) is 11.3 Å². The van der Waals surface area contributed by atoms with Crippen LogP contribution in [0.4, 0.5) is 16.4 Å². The quantitative estimate of drug-likeness (QED) is 0.866. The molecule has 2 N–H and O–H groups in total. The van der Waals surface area contributed by atoms with Gasteiger partial charge in [-0.1, -0.05) is 0 Å². The Balaban J connectivity index is 1.60. The number of nitrogens with zero attached hydrogens (tertiary/aromatic N) is 5. The summed E-state index contributed by atoms with van der Waals surface area (Å²) < 4.78 is 5.82. The number of carbonyl (C=O) groups is 1. The van der Waals surface area contributed by atoms with E-state index in [9.17, 15) is 4.79 Å². The maximum Gasteiger partial charge on any atom is 0.407 e. The molecule has 3 heterocycles. The number of pyridine rings is 1. The molecule has 0 aliphatic carbocycles. The maximum atomic E-state index is 10.9. The lowest BCUT2D eigenvalue weighted by atomic mass is 10.1. The number of nitriles is 1. The Morgan fingerprint density at radius 1 is 1.28 bits per heavy atom. The van der Waals surface area contributed by atoms with Crippen molar-refractivity contribution in [2.24, 2.45) is 0 Å². The van der Waals surface area contributed by atoms with Crippen LogP contribution in [-0.4, -0.2) is 50.2 Å². The Morgan fingerprint density at radius 3 is 2.72 bits per heavy atom. The van der Waals surface area contributed by atoms with Gasteiger partial charge in [0.2, 0.25) is 5.88 Å². The van der Waals surface area contributed by atoms with Gasteiger partial charge in [0.05, 0.1) is 5.56 Å². The molecule has 2 aromatic heterocycles. The van der Waals surface area contributed by atoms with Crippen molar-refractivity contribution in [2.45, 2.75) is 18.9 Å². The first-order chi connectivity index (χ1) is 12.1. The molecule has 0 bridgehead atoms. The van der Waals surface area contributed by atoms with E-state index >= 15 is 0 Å². The molecule has 1 amide bonds. The third-order valence-corrected chi connectivity index (χ3v) is 3.79. The Hall–Kier alpha value is -3.41. The van der Waals surface area contributed by atoms with Gasteiger partial charge in [-0.15, -0.1) is 0 Å². The SMILES string of the molecule is N#Cc1ccc(Nc2cc(OC3CCN(C(=O)O)CC3)ncn2)nc1. The monoisotopic (exact) mass is 340 g/mol. The highest BCUT2D eigenvalue weighted by Crippen LogP contribution is 2.20. The standard InChI is InChI=1S/C16H16N6O3/c17-8-11-1-2-13(18-9-11)21-14-7-15(20-10-19-14)25-12-3-5-22(6-4-12)16(23)24/h1-2,7,9-10,12H,3-6H2,(H,23,24)(H,18,19,20,21). The van der Waals surface area contributed by atoms with Crippen LogP contribution in [0.5, 0.6) is 5.88 Å². The minimum absolute atomic E-state index is 0.0774. The van der Waals surface area contributed by atoms with Gasteiger partial charge in [-0.3, -0.25) is 0 Å². The second-order valence-electron chi connectivity index (χ2n) is 5.50. The predicted octanol–water partition coefficient (Wildman–Crippen LogP) is 2.01. The lowest BCUT2D eigenvalue weighted by Crippen LogP contribution is -2.41. The fraction of sp³-hybridized carbons (Fsp3) is 0.312. The van der Waals surface area contributed by atoms with Gasteiger partial charge in [-0.05, 0) is 12.1 Å². The number of carboxylic acid groups (broad SMARTS) is 1. The average Bonchev–Trinajstić information content (AvgIpc) is 2.63. The lowest BCUT2D eigenvalue weighted by Gasteiger charge is -2.29. The number of hydrogen-bond donors (Lipinski definition) is 2. The van der Waals surface area contributed by atoms with Crippen LogP contribution in [0.1, 0.15) is 18.4 Å². The molecule has 25 heavy (non-hydrogen) atoms. The summed E-state index contributed by atoms with van der Waals surface area (Å²) >= 11 is 0. The molecule has 1 aliphatic heterocycles. The van der Waals surface area contributed by atoms with E-state index in [1.54, 1.807) is 18.2 Å². The van der Waals surface area contributed by atoms with Gasteiger partial charge in [0, 0.05) is 38.2 Å². The molecular weight excluding hydrogens is 324 g/mol. The smallest absolute Gasteiger partial charge is 0.407 e. The zero-order chi connectivity index (χ0) is 17.6. The molecule has 2 aromatic rings. The minimum atomic E-state index is -0.901. The maximum absolute atomic E-state index is 10.9. The van der Waals surface area contributed by atoms with Gasteiger partial charge in [0.1, 0.15) is 30.1 Å². The van der Waals surface area contributed by atoms with Crippen LogP contribution >= 0.6 is 0 Å². The van der Waals surface area contributed by atoms with E-state index < -0.39 is 6.09 Å². The predicted molar refractivity (Wildman–Crippen MR) is 87.5 cm³/mol. The van der Waals surface area contributed by atoms with Crippen molar-refractivity contribution < 1.29 is 14.6 Å². The molecule has 1 saturated heterocycles. The van der Waals surface area contributed by atoms with E-state index in [1.165, 1.54) is 17.4 Å². The third-order valence-electron chi connectivity index (χ3n) is 3.79. The number of hydrogen-bond acceptors (Lipinski definition) is 7. The Bertz CT molecular complexity index is 781. The molecule has 0 atom stereocenters. The molecule has 0 spiro atoms. The first-order valence-corrected chi connectivity index (χ1v) is 7.74. The molecule has 1 aliphatic rings. The number of rotatable bonds is 4. The van der Waals surface area contributed by atoms with Gasteiger partial charge in [0.15, 0.2) is 0 Å². The number of likely N-dealkylation sites (tertiary alicyclic amines) is 1. The van der Waals surface area contributed by atoms with Gasteiger partial charge >= 0.3 is 6.09 Å². The van der Waals surface area contributed by atoms with Gasteiger partial charge in [-0.2, -0.15) is 5.26 Å². The topological polar surface area (TPSA) is 124 Å². The van der Waals surface area contributed by atoms with E-state index in [0.717, 1.165) is 0 Å². The Kier molecular flexibility index (Phi) is 4.89. The first kappa shape index (κ1) is 16.4. The van der Waals surface area contributed by atoms with Crippen molar-refractivity contribution in [3.05, 3.63) is 36.3 Å². The van der Waals surface area contributed by atoms with Crippen LogP contribution in [0.2, 0.25) is 0 Å². The molecule has 0 radical (unpaired) electrons. The molecular formula is C16H16N6O3. The minimum Gasteiger partial charge on any atom is -0.474 e. The van der Waals surface area contributed by atoms with Crippen molar-refractivity contribution >= 4 is 17.7 Å². The zero-order valence-electron chi connectivity index (χ0n) is 13.3. The average molecular weight is 340 g/mol. The molecule has 1 fully saturated rings. The highest BCUT2D eigenvalue weighted by Gasteiger charge is 2.23. The lowest BCUT2D eigenvalue weighted by molar-refractivity contribution is 0.0870. The molecule has 0 saturated carbocycles. The summed E-state index contributed by atoms with van der Waals surface area (Å²) in [6, 6.07) is 7.00. The summed E-state index contributed by atoms with van der Waals surface area (Å²) in [5.74, 6) is 1.49. The highest BCUT2D eigenvalue weighted by atomic mass is 16.5. The van der Waals surface area contributed by atoms with E-state index in [-0.39, 0.29) is 6.10 Å². The molecule has 3 rings (SSSR count). The number of ether oxygens (including phenoxy) is 1. The van der Waals surface area contributed by atoms with Crippen molar-refractivity contribution in [3.8, 4) is 11.9 Å².